The second-order valence-corrected chi connectivity index (χ2v) is 13.5. The molecule has 0 bridgehead atoms. The normalized spacial score (nSPS) is 19.9. The Labute approximate surface area is 197 Å². The van der Waals surface area contributed by atoms with E-state index in [0.29, 0.717) is 0 Å². The van der Waals surface area contributed by atoms with Crippen molar-refractivity contribution in [1.82, 2.24) is 0 Å². The molecular weight excluding hydrogens is 426 g/mol. The minimum absolute atomic E-state index is 0.385. The van der Waals surface area contributed by atoms with Crippen LogP contribution < -0.4 is 21.4 Å². The number of hydrogen-bond donors (Lipinski definition) is 0. The van der Waals surface area contributed by atoms with Crippen LogP contribution in [0.2, 0.25) is 0 Å². The lowest BCUT2D eigenvalue weighted by Crippen LogP contribution is -2.41. The molecule has 3 aromatic carbocycles. The molecule has 0 aromatic heterocycles. The first-order valence-electron chi connectivity index (χ1n) is 12.0. The van der Waals surface area contributed by atoms with Crippen molar-refractivity contribution >= 4 is 35.6 Å². The van der Waals surface area contributed by atoms with E-state index in [4.69, 9.17) is 9.31 Å². The average molecular weight is 456 g/mol. The van der Waals surface area contributed by atoms with Gasteiger partial charge in [-0.15, -0.1) is 0 Å². The molecule has 0 unspecified atom stereocenters. The minimum atomic E-state index is -2.99. The predicted molar refractivity (Wildman–Crippen MR) is 136 cm³/mol. The van der Waals surface area contributed by atoms with Gasteiger partial charge in [0.2, 0.25) is 0 Å². The maximum Gasteiger partial charge on any atom is 0.494 e. The number of rotatable bonds is 4. The Balaban J connectivity index is 1.42. The fourth-order valence-corrected chi connectivity index (χ4v) is 7.73. The molecular formula is C28H30BO3P. The molecule has 6 rings (SSSR count). The Morgan fingerprint density at radius 2 is 1.06 bits per heavy atom. The van der Waals surface area contributed by atoms with Gasteiger partial charge in [-0.25, -0.2) is 0 Å². The van der Waals surface area contributed by atoms with Gasteiger partial charge in [0.15, 0.2) is 7.14 Å². The molecule has 0 saturated carbocycles. The van der Waals surface area contributed by atoms with E-state index in [1.807, 2.05) is 24.3 Å². The van der Waals surface area contributed by atoms with Crippen molar-refractivity contribution in [3.8, 4) is 0 Å². The molecule has 0 atom stereocenters. The second kappa shape index (κ2) is 7.19. The molecule has 1 fully saturated rings. The lowest BCUT2D eigenvalue weighted by atomic mass is 9.79. The highest BCUT2D eigenvalue weighted by Gasteiger charge is 2.51. The zero-order chi connectivity index (χ0) is 23.0. The van der Waals surface area contributed by atoms with Crippen molar-refractivity contribution in [1.29, 1.82) is 0 Å². The van der Waals surface area contributed by atoms with Crippen molar-refractivity contribution < 1.29 is 13.9 Å². The number of fused-ring (bicyclic) bond motifs is 2. The maximum atomic E-state index is 15.0. The molecule has 3 aromatic rings. The van der Waals surface area contributed by atoms with Crippen LogP contribution in [0, 0.1) is 0 Å². The summed E-state index contributed by atoms with van der Waals surface area (Å²) >= 11 is 0. The van der Waals surface area contributed by atoms with Crippen molar-refractivity contribution in [2.24, 2.45) is 0 Å². The van der Waals surface area contributed by atoms with Crippen LogP contribution in [0.25, 0.3) is 0 Å². The van der Waals surface area contributed by atoms with Crippen LogP contribution in [0.4, 0.5) is 0 Å². The van der Waals surface area contributed by atoms with Gasteiger partial charge in [-0.3, -0.25) is 0 Å². The standard InChI is InChI=1S/C28H30BO3P/c1-27(2)28(3,4)32-29(31-27)23-11-15-24(16-12-23)33(30,25-13-9-19-5-7-21(19)17-25)26-14-10-20-6-8-22(20)18-26/h9-18H,5-8H2,1-4H3. The molecule has 1 heterocycles. The smallest absolute Gasteiger partial charge is 0.399 e. The van der Waals surface area contributed by atoms with Gasteiger partial charge in [-0.1, -0.05) is 48.5 Å². The van der Waals surface area contributed by atoms with Gasteiger partial charge in [0, 0.05) is 15.9 Å². The van der Waals surface area contributed by atoms with E-state index in [9.17, 15) is 4.57 Å². The average Bonchev–Trinajstić information content (AvgIpc) is 2.96. The molecule has 3 nitrogen and oxygen atoms in total. The molecule has 2 aliphatic carbocycles. The van der Waals surface area contributed by atoms with E-state index in [-0.39, 0.29) is 11.2 Å². The summed E-state index contributed by atoms with van der Waals surface area (Å²) in [6.07, 6.45) is 4.41. The van der Waals surface area contributed by atoms with E-state index in [1.54, 1.807) is 0 Å². The van der Waals surface area contributed by atoms with Crippen molar-refractivity contribution in [3.05, 3.63) is 82.9 Å². The van der Waals surface area contributed by atoms with Gasteiger partial charge >= 0.3 is 7.12 Å². The van der Waals surface area contributed by atoms with Crippen LogP contribution in [0.3, 0.4) is 0 Å². The first-order valence-corrected chi connectivity index (χ1v) is 13.7. The lowest BCUT2D eigenvalue weighted by Gasteiger charge is -2.32. The zero-order valence-corrected chi connectivity index (χ0v) is 20.7. The zero-order valence-electron chi connectivity index (χ0n) is 19.9. The van der Waals surface area contributed by atoms with E-state index in [0.717, 1.165) is 47.1 Å². The molecule has 1 saturated heterocycles. The molecule has 0 spiro atoms. The fourth-order valence-electron chi connectivity index (χ4n) is 5.02. The van der Waals surface area contributed by atoms with E-state index < -0.39 is 14.3 Å². The molecule has 168 valence electrons. The SMILES string of the molecule is CC1(C)OB(c2ccc(P(=O)(c3ccc4c(c3)CC4)c3ccc4c(c3)CC4)cc2)OC1(C)C. The summed E-state index contributed by atoms with van der Waals surface area (Å²) in [7, 11) is -3.41. The summed E-state index contributed by atoms with van der Waals surface area (Å²) < 4.78 is 27.4. The largest absolute Gasteiger partial charge is 0.494 e. The molecule has 5 heteroatoms. The van der Waals surface area contributed by atoms with E-state index in [1.165, 1.54) is 22.3 Å². The number of aryl methyl sites for hydroxylation is 4. The highest BCUT2D eigenvalue weighted by molar-refractivity contribution is 7.85. The van der Waals surface area contributed by atoms with Gasteiger partial charge in [0.25, 0.3) is 0 Å². The maximum absolute atomic E-state index is 15.0. The highest BCUT2D eigenvalue weighted by atomic mass is 31.2. The molecule has 33 heavy (non-hydrogen) atoms. The predicted octanol–water partition coefficient (Wildman–Crippen LogP) is 3.82. The summed E-state index contributed by atoms with van der Waals surface area (Å²) in [5.74, 6) is 0. The van der Waals surface area contributed by atoms with Crippen molar-refractivity contribution in [2.45, 2.75) is 64.6 Å². The summed E-state index contributed by atoms with van der Waals surface area (Å²) in [5.41, 5.74) is 5.64. The molecule has 1 aliphatic heterocycles. The van der Waals surface area contributed by atoms with E-state index in [2.05, 4.69) is 64.1 Å². The van der Waals surface area contributed by atoms with Gasteiger partial charge in [0.05, 0.1) is 11.2 Å². The molecule has 0 amide bonds. The van der Waals surface area contributed by atoms with Crippen LogP contribution in [0.5, 0.6) is 0 Å². The summed E-state index contributed by atoms with van der Waals surface area (Å²) in [5, 5.41) is 2.73. The third kappa shape index (κ3) is 3.22. The lowest BCUT2D eigenvalue weighted by molar-refractivity contribution is 0.00578. The Morgan fingerprint density at radius 3 is 1.45 bits per heavy atom. The van der Waals surface area contributed by atoms with Gasteiger partial charge in [0.1, 0.15) is 0 Å². The molecule has 0 N–H and O–H groups in total. The fraction of sp³-hybridized carbons (Fsp3) is 0.357. The minimum Gasteiger partial charge on any atom is -0.399 e. The molecule has 3 aliphatic rings. The third-order valence-corrected chi connectivity index (χ3v) is 11.3. The van der Waals surface area contributed by atoms with Crippen LogP contribution >= 0.6 is 7.14 Å². The van der Waals surface area contributed by atoms with Gasteiger partial charge in [-0.05, 0) is 93.2 Å². The highest BCUT2D eigenvalue weighted by Crippen LogP contribution is 2.44. The molecule has 0 radical (unpaired) electrons. The Kier molecular flexibility index (Phi) is 4.66. The third-order valence-electron chi connectivity index (χ3n) is 8.22. The van der Waals surface area contributed by atoms with Crippen molar-refractivity contribution in [2.75, 3.05) is 0 Å². The quantitative estimate of drug-likeness (QED) is 0.443. The first-order chi connectivity index (χ1) is 15.7. The number of benzene rings is 3. The van der Waals surface area contributed by atoms with Gasteiger partial charge in [-0.2, -0.15) is 0 Å². The number of hydrogen-bond acceptors (Lipinski definition) is 3. The summed E-state index contributed by atoms with van der Waals surface area (Å²) in [6.45, 7) is 8.25. The van der Waals surface area contributed by atoms with Gasteiger partial charge < -0.3 is 13.9 Å². The monoisotopic (exact) mass is 456 g/mol. The van der Waals surface area contributed by atoms with Crippen molar-refractivity contribution in [3.63, 3.8) is 0 Å². The Bertz CT molecular complexity index is 1230. The van der Waals surface area contributed by atoms with Crippen LogP contribution in [-0.2, 0) is 39.6 Å². The Hall–Kier alpha value is -2.13. The Morgan fingerprint density at radius 1 is 0.636 bits per heavy atom. The van der Waals surface area contributed by atoms with Crippen LogP contribution in [-0.4, -0.2) is 18.3 Å². The first kappa shape index (κ1) is 21.4. The summed E-state index contributed by atoms with van der Waals surface area (Å²) in [4.78, 5) is 0. The topological polar surface area (TPSA) is 35.5 Å². The summed E-state index contributed by atoms with van der Waals surface area (Å²) in [6, 6.07) is 20.9. The van der Waals surface area contributed by atoms with Crippen LogP contribution in [0.1, 0.15) is 49.9 Å². The second-order valence-electron chi connectivity index (χ2n) is 10.7. The van der Waals surface area contributed by atoms with E-state index >= 15 is 0 Å². The van der Waals surface area contributed by atoms with Crippen LogP contribution in [0.15, 0.2) is 60.7 Å².